The van der Waals surface area contributed by atoms with Gasteiger partial charge in [-0.25, -0.2) is 9.40 Å². The normalized spacial score (nSPS) is 20.8. The SMILES string of the molecule is CCN(c1ccc2c(c1)COC2=C1C(=O)Nc2ccc(F)cc21)N1CCOCC1. The van der Waals surface area contributed by atoms with Gasteiger partial charge in [0.25, 0.3) is 5.91 Å². The summed E-state index contributed by atoms with van der Waals surface area (Å²) in [6.45, 7) is 6.54. The van der Waals surface area contributed by atoms with E-state index in [1.807, 2.05) is 12.1 Å². The molecule has 1 saturated heterocycles. The smallest absolute Gasteiger partial charge is 0.260 e. The molecular formula is C22H22FN3O3. The lowest BCUT2D eigenvalue weighted by atomic mass is 10.00. The van der Waals surface area contributed by atoms with Gasteiger partial charge in [-0.05, 0) is 43.3 Å². The zero-order chi connectivity index (χ0) is 20.0. The number of amides is 1. The van der Waals surface area contributed by atoms with Gasteiger partial charge >= 0.3 is 0 Å². The van der Waals surface area contributed by atoms with Crippen LogP contribution in [-0.4, -0.2) is 43.8 Å². The van der Waals surface area contributed by atoms with Gasteiger partial charge < -0.3 is 19.8 Å². The molecule has 29 heavy (non-hydrogen) atoms. The lowest BCUT2D eigenvalue weighted by molar-refractivity contribution is -0.110. The van der Waals surface area contributed by atoms with E-state index >= 15 is 0 Å². The number of hydrogen-bond donors (Lipinski definition) is 1. The average Bonchev–Trinajstić information content (AvgIpc) is 3.28. The second kappa shape index (κ2) is 7.17. The van der Waals surface area contributed by atoms with E-state index < -0.39 is 0 Å². The van der Waals surface area contributed by atoms with Crippen LogP contribution in [0.2, 0.25) is 0 Å². The topological polar surface area (TPSA) is 54.0 Å². The minimum absolute atomic E-state index is 0.263. The van der Waals surface area contributed by atoms with Crippen LogP contribution in [0.15, 0.2) is 36.4 Å². The predicted octanol–water partition coefficient (Wildman–Crippen LogP) is 3.25. The van der Waals surface area contributed by atoms with Crippen LogP contribution in [0.1, 0.15) is 23.6 Å². The van der Waals surface area contributed by atoms with E-state index in [0.29, 0.717) is 29.2 Å². The highest BCUT2D eigenvalue weighted by molar-refractivity contribution is 6.36. The third-order valence-corrected chi connectivity index (χ3v) is 5.59. The second-order valence-corrected chi connectivity index (χ2v) is 7.26. The number of fused-ring (bicyclic) bond motifs is 2. The van der Waals surface area contributed by atoms with Crippen molar-refractivity contribution in [1.29, 1.82) is 0 Å². The number of ether oxygens (including phenoxy) is 2. The Labute approximate surface area is 168 Å². The summed E-state index contributed by atoms with van der Waals surface area (Å²) in [6, 6.07) is 10.5. The van der Waals surface area contributed by atoms with Gasteiger partial charge in [0.15, 0.2) is 0 Å². The quantitative estimate of drug-likeness (QED) is 0.809. The molecule has 0 aliphatic carbocycles. The second-order valence-electron chi connectivity index (χ2n) is 7.26. The zero-order valence-corrected chi connectivity index (χ0v) is 16.2. The number of hydrogen-bond acceptors (Lipinski definition) is 5. The molecule has 0 spiro atoms. The molecule has 0 atom stereocenters. The van der Waals surface area contributed by atoms with Crippen LogP contribution in [0.5, 0.6) is 0 Å². The van der Waals surface area contributed by atoms with E-state index in [-0.39, 0.29) is 11.7 Å². The third-order valence-electron chi connectivity index (χ3n) is 5.59. The van der Waals surface area contributed by atoms with Crippen molar-refractivity contribution in [2.24, 2.45) is 0 Å². The molecular weight excluding hydrogens is 373 g/mol. The highest BCUT2D eigenvalue weighted by Gasteiger charge is 2.33. The molecule has 5 rings (SSSR count). The first-order valence-corrected chi connectivity index (χ1v) is 9.87. The molecule has 3 aliphatic rings. The number of nitrogens with one attached hydrogen (secondary N) is 1. The van der Waals surface area contributed by atoms with E-state index in [1.54, 1.807) is 6.07 Å². The Morgan fingerprint density at radius 1 is 1.14 bits per heavy atom. The van der Waals surface area contributed by atoms with Gasteiger partial charge in [-0.15, -0.1) is 0 Å². The number of anilines is 2. The molecule has 0 saturated carbocycles. The van der Waals surface area contributed by atoms with E-state index in [9.17, 15) is 9.18 Å². The van der Waals surface area contributed by atoms with E-state index in [1.165, 1.54) is 12.1 Å². The molecule has 3 heterocycles. The molecule has 0 aromatic heterocycles. The van der Waals surface area contributed by atoms with E-state index in [0.717, 1.165) is 49.7 Å². The maximum absolute atomic E-state index is 13.8. The number of benzene rings is 2. The highest BCUT2D eigenvalue weighted by atomic mass is 19.1. The Morgan fingerprint density at radius 3 is 2.76 bits per heavy atom. The number of nitrogens with zero attached hydrogens (tertiary/aromatic N) is 2. The summed E-state index contributed by atoms with van der Waals surface area (Å²) in [5.74, 6) is -0.125. The molecule has 1 N–H and O–H groups in total. The fraction of sp³-hybridized carbons (Fsp3) is 0.318. The summed E-state index contributed by atoms with van der Waals surface area (Å²) >= 11 is 0. The van der Waals surface area contributed by atoms with Crippen molar-refractivity contribution in [2.45, 2.75) is 13.5 Å². The van der Waals surface area contributed by atoms with Crippen molar-refractivity contribution in [2.75, 3.05) is 43.2 Å². The molecule has 7 heteroatoms. The number of halogens is 1. The summed E-state index contributed by atoms with van der Waals surface area (Å²) in [5, 5.41) is 7.34. The summed E-state index contributed by atoms with van der Waals surface area (Å²) < 4.78 is 25.2. The van der Waals surface area contributed by atoms with Gasteiger partial charge in [0, 0.05) is 42.0 Å². The standard InChI is InChI=1S/C22H22FN3O3/c1-2-26(25-7-9-28-10-8-25)16-4-5-17-14(11-16)13-29-21(17)20-18-12-15(23)3-6-19(18)24-22(20)27/h3-6,11-12H,2,7-10,13H2,1H3,(H,24,27). The average molecular weight is 395 g/mol. The number of hydrazine groups is 1. The molecule has 0 radical (unpaired) electrons. The van der Waals surface area contributed by atoms with E-state index in [4.69, 9.17) is 9.47 Å². The Morgan fingerprint density at radius 2 is 1.97 bits per heavy atom. The van der Waals surface area contributed by atoms with Crippen LogP contribution in [0.3, 0.4) is 0 Å². The molecule has 0 unspecified atom stereocenters. The third kappa shape index (κ3) is 3.07. The first-order chi connectivity index (χ1) is 14.2. The van der Waals surface area contributed by atoms with Crippen molar-refractivity contribution < 1.29 is 18.7 Å². The molecule has 150 valence electrons. The molecule has 1 fully saturated rings. The van der Waals surface area contributed by atoms with Crippen molar-refractivity contribution in [3.05, 3.63) is 58.9 Å². The minimum atomic E-state index is -0.379. The predicted molar refractivity (Wildman–Crippen MR) is 108 cm³/mol. The van der Waals surface area contributed by atoms with Crippen LogP contribution >= 0.6 is 0 Å². The zero-order valence-electron chi connectivity index (χ0n) is 16.2. The molecule has 0 bridgehead atoms. The Bertz CT molecular complexity index is 1010. The molecule has 2 aromatic rings. The molecule has 6 nitrogen and oxygen atoms in total. The molecule has 3 aliphatic heterocycles. The largest absolute Gasteiger partial charge is 0.487 e. The van der Waals surface area contributed by atoms with Crippen LogP contribution < -0.4 is 10.3 Å². The van der Waals surface area contributed by atoms with Crippen LogP contribution in [0.4, 0.5) is 15.8 Å². The van der Waals surface area contributed by atoms with Gasteiger partial charge in [-0.3, -0.25) is 4.79 Å². The van der Waals surface area contributed by atoms with Gasteiger partial charge in [-0.1, -0.05) is 0 Å². The molecule has 2 aromatic carbocycles. The van der Waals surface area contributed by atoms with Gasteiger partial charge in [0.1, 0.15) is 18.2 Å². The van der Waals surface area contributed by atoms with Gasteiger partial charge in [-0.2, -0.15) is 0 Å². The van der Waals surface area contributed by atoms with Crippen LogP contribution in [0.25, 0.3) is 11.3 Å². The Kier molecular flexibility index (Phi) is 4.49. The number of morpholine rings is 1. The Hall–Kier alpha value is -2.90. The van der Waals surface area contributed by atoms with Crippen molar-refractivity contribution in [3.63, 3.8) is 0 Å². The fourth-order valence-electron chi connectivity index (χ4n) is 4.22. The number of carbonyl (C=O) groups excluding carboxylic acids is 1. The number of rotatable bonds is 3. The maximum atomic E-state index is 13.8. The summed E-state index contributed by atoms with van der Waals surface area (Å²) in [5.41, 5.74) is 4.54. The molecule has 1 amide bonds. The first-order valence-electron chi connectivity index (χ1n) is 9.87. The number of carbonyl (C=O) groups is 1. The summed E-state index contributed by atoms with van der Waals surface area (Å²) in [6.07, 6.45) is 0. The van der Waals surface area contributed by atoms with Gasteiger partial charge in [0.05, 0.1) is 24.5 Å². The van der Waals surface area contributed by atoms with Crippen molar-refractivity contribution >= 4 is 28.6 Å². The lowest BCUT2D eigenvalue weighted by Gasteiger charge is -2.38. The van der Waals surface area contributed by atoms with Crippen LogP contribution in [0, 0.1) is 5.82 Å². The maximum Gasteiger partial charge on any atom is 0.260 e. The van der Waals surface area contributed by atoms with Crippen molar-refractivity contribution in [1.82, 2.24) is 5.01 Å². The lowest BCUT2D eigenvalue weighted by Crippen LogP contribution is -2.49. The first kappa shape index (κ1) is 18.1. The summed E-state index contributed by atoms with van der Waals surface area (Å²) in [4.78, 5) is 12.6. The highest BCUT2D eigenvalue weighted by Crippen LogP contribution is 2.42. The monoisotopic (exact) mass is 395 g/mol. The fourth-order valence-corrected chi connectivity index (χ4v) is 4.22. The minimum Gasteiger partial charge on any atom is -0.487 e. The van der Waals surface area contributed by atoms with Crippen LogP contribution in [-0.2, 0) is 20.9 Å². The Balaban J connectivity index is 1.53. The summed E-state index contributed by atoms with van der Waals surface area (Å²) in [7, 11) is 0. The van der Waals surface area contributed by atoms with E-state index in [2.05, 4.69) is 28.3 Å². The van der Waals surface area contributed by atoms with Crippen molar-refractivity contribution in [3.8, 4) is 0 Å². The van der Waals surface area contributed by atoms with Gasteiger partial charge in [0.2, 0.25) is 0 Å².